The first-order valence-electron chi connectivity index (χ1n) is 11.6. The summed E-state index contributed by atoms with van der Waals surface area (Å²) in [6, 6.07) is 20.7. The van der Waals surface area contributed by atoms with Crippen LogP contribution in [0.2, 0.25) is 0 Å². The molecule has 0 heterocycles. The van der Waals surface area contributed by atoms with Crippen LogP contribution in [0.25, 0.3) is 0 Å². The van der Waals surface area contributed by atoms with Crippen molar-refractivity contribution in [1.82, 2.24) is 5.32 Å². The molecule has 0 radical (unpaired) electrons. The lowest BCUT2D eigenvalue weighted by atomic mass is 10.0. The third-order valence-corrected chi connectivity index (χ3v) is 7.41. The van der Waals surface area contributed by atoms with Crippen molar-refractivity contribution in [3.63, 3.8) is 0 Å². The number of nitrogens with zero attached hydrogens (tertiary/aromatic N) is 1. The van der Waals surface area contributed by atoms with E-state index in [0.29, 0.717) is 30.3 Å². The molecular weight excluding hydrogens is 480 g/mol. The lowest BCUT2D eigenvalue weighted by molar-refractivity contribution is -0.119. The number of methoxy groups -OCH3 is 2. The second-order valence-corrected chi connectivity index (χ2v) is 9.93. The first kappa shape index (κ1) is 26.9. The molecule has 9 heteroatoms. The summed E-state index contributed by atoms with van der Waals surface area (Å²) in [7, 11) is -1.22. The molecule has 3 rings (SSSR count). The predicted octanol–water partition coefficient (Wildman–Crippen LogP) is 4.22. The van der Waals surface area contributed by atoms with Crippen LogP contribution in [0.3, 0.4) is 0 Å². The summed E-state index contributed by atoms with van der Waals surface area (Å²) >= 11 is 0. The van der Waals surface area contributed by atoms with E-state index >= 15 is 0 Å². The van der Waals surface area contributed by atoms with Crippen LogP contribution in [0.15, 0.2) is 77.7 Å². The number of hydrogen-bond acceptors (Lipinski definition) is 6. The zero-order valence-corrected chi connectivity index (χ0v) is 21.7. The Morgan fingerprint density at radius 1 is 0.944 bits per heavy atom. The van der Waals surface area contributed by atoms with Crippen molar-refractivity contribution < 1.29 is 27.4 Å². The number of benzene rings is 3. The molecule has 1 amide bonds. The number of carbonyl (C=O) groups excluding carboxylic acids is 1. The molecule has 0 bridgehead atoms. The number of anilines is 1. The molecule has 0 saturated carbocycles. The highest BCUT2D eigenvalue weighted by Crippen LogP contribution is 2.32. The molecule has 3 aromatic carbocycles. The van der Waals surface area contributed by atoms with Gasteiger partial charge < -0.3 is 19.5 Å². The Labute approximate surface area is 212 Å². The molecule has 1 N–H and O–H groups in total. The zero-order valence-electron chi connectivity index (χ0n) is 20.9. The molecular formula is C27H32N2O6S. The van der Waals surface area contributed by atoms with E-state index in [1.807, 2.05) is 44.2 Å². The Balaban J connectivity index is 1.88. The van der Waals surface area contributed by atoms with Crippen LogP contribution in [0.1, 0.15) is 25.3 Å². The third-order valence-electron chi connectivity index (χ3n) is 5.64. The summed E-state index contributed by atoms with van der Waals surface area (Å²) in [6.45, 7) is 4.32. The molecule has 0 aliphatic carbocycles. The van der Waals surface area contributed by atoms with Gasteiger partial charge in [-0.05, 0) is 54.8 Å². The molecule has 0 aliphatic rings. The van der Waals surface area contributed by atoms with Crippen molar-refractivity contribution in [3.05, 3.63) is 78.4 Å². The molecule has 36 heavy (non-hydrogen) atoms. The number of nitrogens with one attached hydrogen (secondary N) is 1. The summed E-state index contributed by atoms with van der Waals surface area (Å²) in [4.78, 5) is 12.9. The van der Waals surface area contributed by atoms with E-state index in [-0.39, 0.29) is 16.6 Å². The molecule has 8 nitrogen and oxygen atoms in total. The van der Waals surface area contributed by atoms with Gasteiger partial charge in [-0.15, -0.1) is 0 Å². The summed E-state index contributed by atoms with van der Waals surface area (Å²) in [5, 5.41) is 2.86. The topological polar surface area (TPSA) is 94.2 Å². The fourth-order valence-corrected chi connectivity index (χ4v) is 5.08. The summed E-state index contributed by atoms with van der Waals surface area (Å²) in [5.74, 6) is 0.918. The Morgan fingerprint density at radius 2 is 1.61 bits per heavy atom. The molecule has 3 aromatic rings. The van der Waals surface area contributed by atoms with Gasteiger partial charge in [0.2, 0.25) is 5.91 Å². The van der Waals surface area contributed by atoms with Gasteiger partial charge in [0, 0.05) is 12.6 Å². The monoisotopic (exact) mass is 512 g/mol. The average Bonchev–Trinajstić information content (AvgIpc) is 2.91. The van der Waals surface area contributed by atoms with E-state index in [1.54, 1.807) is 24.3 Å². The summed E-state index contributed by atoms with van der Waals surface area (Å²) in [6.07, 6.45) is 0. The highest BCUT2D eigenvalue weighted by Gasteiger charge is 2.28. The lowest BCUT2D eigenvalue weighted by Crippen LogP contribution is -2.41. The van der Waals surface area contributed by atoms with Crippen LogP contribution in [-0.2, 0) is 14.8 Å². The van der Waals surface area contributed by atoms with Crippen LogP contribution in [-0.4, -0.2) is 48.2 Å². The fraction of sp³-hybridized carbons (Fsp3) is 0.296. The van der Waals surface area contributed by atoms with Crippen molar-refractivity contribution in [1.29, 1.82) is 0 Å². The quantitative estimate of drug-likeness (QED) is 0.391. The van der Waals surface area contributed by atoms with Gasteiger partial charge in [-0.3, -0.25) is 9.10 Å². The van der Waals surface area contributed by atoms with E-state index in [2.05, 4.69) is 5.32 Å². The Hall–Kier alpha value is -3.72. The van der Waals surface area contributed by atoms with Crippen LogP contribution < -0.4 is 23.8 Å². The predicted molar refractivity (Wildman–Crippen MR) is 140 cm³/mol. The maximum absolute atomic E-state index is 13.7. The molecule has 0 aromatic heterocycles. The first-order valence-corrected chi connectivity index (χ1v) is 13.0. The number of hydrogen-bond donors (Lipinski definition) is 1. The second kappa shape index (κ2) is 12.3. The van der Waals surface area contributed by atoms with E-state index in [0.717, 1.165) is 9.87 Å². The van der Waals surface area contributed by atoms with Gasteiger partial charge in [-0.2, -0.15) is 0 Å². The average molecular weight is 513 g/mol. The normalized spacial score (nSPS) is 11.9. The maximum atomic E-state index is 13.7. The number of amides is 1. The maximum Gasteiger partial charge on any atom is 0.264 e. The fourth-order valence-electron chi connectivity index (χ4n) is 3.65. The minimum Gasteiger partial charge on any atom is -0.494 e. The van der Waals surface area contributed by atoms with Crippen LogP contribution in [0.5, 0.6) is 17.2 Å². The van der Waals surface area contributed by atoms with Gasteiger partial charge in [0.25, 0.3) is 10.0 Å². The standard InChI is InChI=1S/C27H32N2O6S/c1-5-35-23-13-11-22(12-14-23)29(19-27(30)28-18-20(2)21-9-7-6-8-10-21)36(31,32)24-15-16-25(33-3)26(17-24)34-4/h6-17,20H,5,18-19H2,1-4H3,(H,28,30). The largest absolute Gasteiger partial charge is 0.494 e. The molecule has 0 spiro atoms. The molecule has 0 fully saturated rings. The second-order valence-electron chi connectivity index (χ2n) is 8.07. The lowest BCUT2D eigenvalue weighted by Gasteiger charge is -2.25. The van der Waals surface area contributed by atoms with E-state index in [9.17, 15) is 13.2 Å². The zero-order chi connectivity index (χ0) is 26.1. The molecule has 192 valence electrons. The minimum absolute atomic E-state index is 0.0283. The number of ether oxygens (including phenoxy) is 3. The third kappa shape index (κ3) is 6.48. The minimum atomic E-state index is -4.13. The Bertz CT molecular complexity index is 1250. The van der Waals surface area contributed by atoms with Crippen molar-refractivity contribution in [2.75, 3.05) is 38.2 Å². The van der Waals surface area contributed by atoms with Gasteiger partial charge in [0.05, 0.1) is 31.4 Å². The van der Waals surface area contributed by atoms with E-state index in [1.165, 1.54) is 32.4 Å². The van der Waals surface area contributed by atoms with E-state index < -0.39 is 22.5 Å². The molecule has 1 atom stereocenters. The van der Waals surface area contributed by atoms with Crippen molar-refractivity contribution >= 4 is 21.6 Å². The highest BCUT2D eigenvalue weighted by atomic mass is 32.2. The highest BCUT2D eigenvalue weighted by molar-refractivity contribution is 7.92. The summed E-state index contributed by atoms with van der Waals surface area (Å²) < 4.78 is 44.5. The van der Waals surface area contributed by atoms with Crippen LogP contribution >= 0.6 is 0 Å². The number of rotatable bonds is 12. The molecule has 0 saturated heterocycles. The number of sulfonamides is 1. The van der Waals surface area contributed by atoms with Gasteiger partial charge in [-0.25, -0.2) is 8.42 Å². The van der Waals surface area contributed by atoms with Gasteiger partial charge in [0.1, 0.15) is 12.3 Å². The van der Waals surface area contributed by atoms with Crippen LogP contribution in [0, 0.1) is 0 Å². The molecule has 1 unspecified atom stereocenters. The van der Waals surface area contributed by atoms with E-state index in [4.69, 9.17) is 14.2 Å². The van der Waals surface area contributed by atoms with Gasteiger partial charge in [0.15, 0.2) is 11.5 Å². The van der Waals surface area contributed by atoms with Crippen LogP contribution in [0.4, 0.5) is 5.69 Å². The smallest absolute Gasteiger partial charge is 0.264 e. The first-order chi connectivity index (χ1) is 17.3. The van der Waals surface area contributed by atoms with Gasteiger partial charge >= 0.3 is 0 Å². The molecule has 0 aliphatic heterocycles. The Morgan fingerprint density at radius 3 is 2.22 bits per heavy atom. The van der Waals surface area contributed by atoms with Gasteiger partial charge in [-0.1, -0.05) is 37.3 Å². The summed E-state index contributed by atoms with van der Waals surface area (Å²) in [5.41, 5.74) is 1.42. The Kier molecular flexibility index (Phi) is 9.19. The van der Waals surface area contributed by atoms with Crippen molar-refractivity contribution in [2.45, 2.75) is 24.7 Å². The SMILES string of the molecule is CCOc1ccc(N(CC(=O)NCC(C)c2ccccc2)S(=O)(=O)c2ccc(OC)c(OC)c2)cc1. The number of carbonyl (C=O) groups is 1. The van der Waals surface area contributed by atoms with Crippen molar-refractivity contribution in [2.24, 2.45) is 0 Å². The van der Waals surface area contributed by atoms with Crippen molar-refractivity contribution in [3.8, 4) is 17.2 Å².